The normalized spacial score (nSPS) is 13.4. The number of aryl methyl sites for hydroxylation is 1. The molecule has 1 aromatic rings. The Balaban J connectivity index is 2.51. The van der Waals surface area contributed by atoms with Crippen molar-refractivity contribution in [3.63, 3.8) is 0 Å². The highest BCUT2D eigenvalue weighted by Crippen LogP contribution is 2.15. The number of amides is 3. The van der Waals surface area contributed by atoms with Crippen LogP contribution in [0.15, 0.2) is 24.3 Å². The second-order valence-corrected chi connectivity index (χ2v) is 6.85. The molecule has 0 bridgehead atoms. The fraction of sp³-hybridized carbons (Fsp3) is 0.500. The van der Waals surface area contributed by atoms with Crippen molar-refractivity contribution in [2.75, 3.05) is 0 Å². The maximum Gasteiger partial charge on any atom is 0.347 e. The minimum absolute atomic E-state index is 0.486. The summed E-state index contributed by atoms with van der Waals surface area (Å²) < 4.78 is 10.6. The molecular formula is C18H26N2O5. The lowest BCUT2D eigenvalue weighted by molar-refractivity contribution is -0.160. The molecule has 138 valence electrons. The Morgan fingerprint density at radius 2 is 1.72 bits per heavy atom. The smallest absolute Gasteiger partial charge is 0.347 e. The average molecular weight is 350 g/mol. The minimum atomic E-state index is -1.12. The molecule has 0 aliphatic carbocycles. The van der Waals surface area contributed by atoms with Gasteiger partial charge in [0.15, 0.2) is 12.2 Å². The molecule has 2 atom stereocenters. The van der Waals surface area contributed by atoms with Crippen LogP contribution in [-0.2, 0) is 14.3 Å². The highest BCUT2D eigenvalue weighted by molar-refractivity contribution is 5.97. The third kappa shape index (κ3) is 7.69. The molecule has 1 aromatic carbocycles. The predicted octanol–water partition coefficient (Wildman–Crippen LogP) is 2.32. The van der Waals surface area contributed by atoms with Crippen LogP contribution >= 0.6 is 0 Å². The number of ether oxygens (including phenoxy) is 2. The third-order valence-corrected chi connectivity index (χ3v) is 3.02. The summed E-state index contributed by atoms with van der Waals surface area (Å²) in [5.74, 6) is -0.871. The number of nitrogens with one attached hydrogen (secondary N) is 2. The lowest BCUT2D eigenvalue weighted by Crippen LogP contribution is -2.51. The number of rotatable bonds is 5. The van der Waals surface area contributed by atoms with Crippen molar-refractivity contribution < 1.29 is 23.9 Å². The van der Waals surface area contributed by atoms with E-state index in [2.05, 4.69) is 10.6 Å². The molecule has 25 heavy (non-hydrogen) atoms. The second kappa shape index (κ2) is 8.50. The summed E-state index contributed by atoms with van der Waals surface area (Å²) in [7, 11) is 0. The number of hydrogen-bond acceptors (Lipinski definition) is 5. The van der Waals surface area contributed by atoms with E-state index >= 15 is 0 Å². The summed E-state index contributed by atoms with van der Waals surface area (Å²) in [6.45, 7) is 10.2. The van der Waals surface area contributed by atoms with E-state index in [1.165, 1.54) is 13.8 Å². The van der Waals surface area contributed by atoms with Gasteiger partial charge in [-0.3, -0.25) is 10.1 Å². The molecule has 0 fully saturated rings. The van der Waals surface area contributed by atoms with Gasteiger partial charge in [-0.2, -0.15) is 0 Å². The topological polar surface area (TPSA) is 93.7 Å². The van der Waals surface area contributed by atoms with E-state index in [1.807, 2.05) is 19.1 Å². The summed E-state index contributed by atoms with van der Waals surface area (Å²) in [4.78, 5) is 35.6. The summed E-state index contributed by atoms with van der Waals surface area (Å²) >= 11 is 0. The zero-order valence-corrected chi connectivity index (χ0v) is 15.5. The van der Waals surface area contributed by atoms with Crippen LogP contribution in [0.2, 0.25) is 0 Å². The first kappa shape index (κ1) is 20.5. The van der Waals surface area contributed by atoms with Gasteiger partial charge >= 0.3 is 12.0 Å². The predicted molar refractivity (Wildman–Crippen MR) is 93.3 cm³/mol. The van der Waals surface area contributed by atoms with Crippen LogP contribution in [-0.4, -0.2) is 35.7 Å². The van der Waals surface area contributed by atoms with E-state index in [9.17, 15) is 14.4 Å². The van der Waals surface area contributed by atoms with Crippen LogP contribution < -0.4 is 15.4 Å². The van der Waals surface area contributed by atoms with Crippen molar-refractivity contribution in [2.24, 2.45) is 0 Å². The molecule has 0 radical (unpaired) electrons. The fourth-order valence-electron chi connectivity index (χ4n) is 1.85. The summed E-state index contributed by atoms with van der Waals surface area (Å²) in [6, 6.07) is 6.59. The van der Waals surface area contributed by atoms with Crippen LogP contribution in [0.5, 0.6) is 5.75 Å². The number of carbonyl (C=O) groups is 3. The molecular weight excluding hydrogens is 324 g/mol. The second-order valence-electron chi connectivity index (χ2n) is 6.85. The van der Waals surface area contributed by atoms with Crippen molar-refractivity contribution in [1.82, 2.24) is 10.6 Å². The standard InChI is InChI=1S/C18H26N2O5/c1-11-8-7-9-14(10-11)24-13(3)16(22)25-12(2)15(21)19-17(23)20-18(4,5)6/h7-10,12-13H,1-6H3,(H2,19,20,21,23)/t12-,13-/m1/s1. The van der Waals surface area contributed by atoms with Crippen molar-refractivity contribution in [3.8, 4) is 5.75 Å². The molecule has 0 aromatic heterocycles. The van der Waals surface area contributed by atoms with Crippen molar-refractivity contribution >= 4 is 17.9 Å². The molecule has 3 amide bonds. The Morgan fingerprint density at radius 1 is 1.08 bits per heavy atom. The number of hydrogen-bond donors (Lipinski definition) is 2. The molecule has 0 aliphatic heterocycles. The Kier molecular flexibility index (Phi) is 6.97. The maximum atomic E-state index is 12.0. The van der Waals surface area contributed by atoms with Crippen LogP contribution in [0.25, 0.3) is 0 Å². The van der Waals surface area contributed by atoms with Crippen LogP contribution in [0.1, 0.15) is 40.2 Å². The molecule has 0 saturated heterocycles. The van der Waals surface area contributed by atoms with E-state index in [1.54, 1.807) is 32.9 Å². The van der Waals surface area contributed by atoms with Gasteiger partial charge in [-0.1, -0.05) is 12.1 Å². The van der Waals surface area contributed by atoms with Gasteiger partial charge in [0.25, 0.3) is 5.91 Å². The minimum Gasteiger partial charge on any atom is -0.479 e. The van der Waals surface area contributed by atoms with Gasteiger partial charge in [0.2, 0.25) is 0 Å². The lowest BCUT2D eigenvalue weighted by Gasteiger charge is -2.21. The van der Waals surface area contributed by atoms with Crippen molar-refractivity contribution in [3.05, 3.63) is 29.8 Å². The molecule has 1 rings (SSSR count). The molecule has 7 heteroatoms. The van der Waals surface area contributed by atoms with Gasteiger partial charge in [0, 0.05) is 5.54 Å². The molecule has 7 nitrogen and oxygen atoms in total. The number of carbonyl (C=O) groups excluding carboxylic acids is 3. The van der Waals surface area contributed by atoms with Gasteiger partial charge in [-0.15, -0.1) is 0 Å². The number of benzene rings is 1. The first-order chi connectivity index (χ1) is 11.5. The Morgan fingerprint density at radius 3 is 2.28 bits per heavy atom. The maximum absolute atomic E-state index is 12.0. The summed E-state index contributed by atoms with van der Waals surface area (Å²) in [5.41, 5.74) is 0.510. The van der Waals surface area contributed by atoms with E-state index in [0.29, 0.717) is 5.75 Å². The van der Waals surface area contributed by atoms with E-state index in [0.717, 1.165) is 5.56 Å². The van der Waals surface area contributed by atoms with E-state index in [4.69, 9.17) is 9.47 Å². The zero-order valence-electron chi connectivity index (χ0n) is 15.5. The number of imide groups is 1. The Hall–Kier alpha value is -2.57. The molecule has 0 aliphatic rings. The fourth-order valence-corrected chi connectivity index (χ4v) is 1.85. The number of esters is 1. The highest BCUT2D eigenvalue weighted by Gasteiger charge is 2.25. The van der Waals surface area contributed by atoms with Gasteiger partial charge in [-0.05, 0) is 59.2 Å². The Bertz CT molecular complexity index is 637. The monoisotopic (exact) mass is 350 g/mol. The van der Waals surface area contributed by atoms with E-state index < -0.39 is 35.7 Å². The first-order valence-corrected chi connectivity index (χ1v) is 8.05. The third-order valence-electron chi connectivity index (χ3n) is 3.02. The number of urea groups is 1. The Labute approximate surface area is 148 Å². The molecule has 0 heterocycles. The van der Waals surface area contributed by atoms with Crippen molar-refractivity contribution in [1.29, 1.82) is 0 Å². The lowest BCUT2D eigenvalue weighted by atomic mass is 10.1. The highest BCUT2D eigenvalue weighted by atomic mass is 16.6. The summed E-state index contributed by atoms with van der Waals surface area (Å²) in [6.07, 6.45) is -2.01. The molecule has 0 unspecified atom stereocenters. The molecule has 0 spiro atoms. The van der Waals surface area contributed by atoms with E-state index in [-0.39, 0.29) is 0 Å². The quantitative estimate of drug-likeness (QED) is 0.795. The largest absolute Gasteiger partial charge is 0.479 e. The molecule has 2 N–H and O–H groups in total. The average Bonchev–Trinajstić information content (AvgIpc) is 2.44. The van der Waals surface area contributed by atoms with Crippen molar-refractivity contribution in [2.45, 2.75) is 59.3 Å². The van der Waals surface area contributed by atoms with Gasteiger partial charge in [0.05, 0.1) is 0 Å². The van der Waals surface area contributed by atoms with Crippen LogP contribution in [0.3, 0.4) is 0 Å². The van der Waals surface area contributed by atoms with Gasteiger partial charge in [0.1, 0.15) is 5.75 Å². The van der Waals surface area contributed by atoms with Crippen LogP contribution in [0, 0.1) is 6.92 Å². The first-order valence-electron chi connectivity index (χ1n) is 8.05. The summed E-state index contributed by atoms with van der Waals surface area (Å²) in [5, 5.41) is 4.71. The van der Waals surface area contributed by atoms with Gasteiger partial charge < -0.3 is 14.8 Å². The SMILES string of the molecule is Cc1cccc(O[C@H](C)C(=O)O[C@H](C)C(=O)NC(=O)NC(C)(C)C)c1. The molecule has 0 saturated carbocycles. The van der Waals surface area contributed by atoms with Crippen LogP contribution in [0.4, 0.5) is 4.79 Å². The van der Waals surface area contributed by atoms with Gasteiger partial charge in [-0.25, -0.2) is 9.59 Å². The zero-order chi connectivity index (χ0) is 19.2.